The van der Waals surface area contributed by atoms with Gasteiger partial charge in [0.1, 0.15) is 18.5 Å². The number of halogens is 1. The van der Waals surface area contributed by atoms with Crippen LogP contribution < -0.4 is 4.74 Å². The van der Waals surface area contributed by atoms with Gasteiger partial charge in [-0.3, -0.25) is 4.90 Å². The lowest BCUT2D eigenvalue weighted by Crippen LogP contribution is -2.42. The highest BCUT2D eigenvalue weighted by Gasteiger charge is 2.15. The summed E-state index contributed by atoms with van der Waals surface area (Å²) in [6, 6.07) is 14.1. The lowest BCUT2D eigenvalue weighted by atomic mass is 10.1. The molecule has 3 rings (SSSR count). The van der Waals surface area contributed by atoms with E-state index in [1.807, 2.05) is 30.3 Å². The molecule has 1 fully saturated rings. The van der Waals surface area contributed by atoms with Crippen molar-refractivity contribution in [2.75, 3.05) is 39.5 Å². The summed E-state index contributed by atoms with van der Waals surface area (Å²) >= 11 is 0. The molecule has 1 saturated heterocycles. The predicted octanol–water partition coefficient (Wildman–Crippen LogP) is 2.33. The van der Waals surface area contributed by atoms with Crippen LogP contribution in [0.3, 0.4) is 0 Å². The van der Waals surface area contributed by atoms with Crippen molar-refractivity contribution in [2.45, 2.75) is 6.10 Å². The number of β-amino-alcohol motifs (C(OH)–C–C–N with tert-alkyl or cyclic N) is 1. The number of fused-ring (bicyclic) bond motifs is 1. The van der Waals surface area contributed by atoms with Gasteiger partial charge in [-0.2, -0.15) is 0 Å². The molecule has 2 aromatic carbocycles. The topological polar surface area (TPSA) is 41.9 Å². The van der Waals surface area contributed by atoms with Crippen LogP contribution >= 0.6 is 12.4 Å². The van der Waals surface area contributed by atoms with Crippen molar-refractivity contribution in [1.82, 2.24) is 4.90 Å². The Kier molecular flexibility index (Phi) is 6.46. The van der Waals surface area contributed by atoms with E-state index in [0.29, 0.717) is 13.2 Å². The second-order valence-electron chi connectivity index (χ2n) is 5.36. The molecule has 1 aliphatic rings. The molecule has 1 unspecified atom stereocenters. The van der Waals surface area contributed by atoms with Crippen molar-refractivity contribution in [1.29, 1.82) is 0 Å². The number of benzene rings is 2. The molecule has 1 atom stereocenters. The molecule has 0 spiro atoms. The van der Waals surface area contributed by atoms with Gasteiger partial charge in [0, 0.05) is 25.0 Å². The van der Waals surface area contributed by atoms with E-state index < -0.39 is 6.10 Å². The smallest absolute Gasteiger partial charge is 0.127 e. The van der Waals surface area contributed by atoms with Gasteiger partial charge < -0.3 is 14.6 Å². The molecule has 1 aliphatic heterocycles. The van der Waals surface area contributed by atoms with Crippen molar-refractivity contribution in [2.24, 2.45) is 0 Å². The molecule has 4 nitrogen and oxygen atoms in total. The minimum atomic E-state index is -0.484. The van der Waals surface area contributed by atoms with Gasteiger partial charge in [0.15, 0.2) is 0 Å². The average molecular weight is 324 g/mol. The average Bonchev–Trinajstić information content (AvgIpc) is 2.54. The number of nitrogens with zero attached hydrogens (tertiary/aromatic N) is 1. The second kappa shape index (κ2) is 8.34. The van der Waals surface area contributed by atoms with Crippen molar-refractivity contribution in [3.05, 3.63) is 42.5 Å². The highest BCUT2D eigenvalue weighted by Crippen LogP contribution is 2.25. The molecule has 0 radical (unpaired) electrons. The summed E-state index contributed by atoms with van der Waals surface area (Å²) < 4.78 is 11.1. The maximum Gasteiger partial charge on any atom is 0.127 e. The van der Waals surface area contributed by atoms with Crippen molar-refractivity contribution < 1.29 is 14.6 Å². The standard InChI is InChI=1S/C17H21NO3.ClH/c19-15(12-18-8-10-20-11-9-18)13-21-17-7-3-5-14-4-1-2-6-16(14)17;/h1-7,15,19H,8-13H2;1H. The van der Waals surface area contributed by atoms with Crippen molar-refractivity contribution in [3.63, 3.8) is 0 Å². The van der Waals surface area contributed by atoms with Crippen LogP contribution in [-0.2, 0) is 4.74 Å². The summed E-state index contributed by atoms with van der Waals surface area (Å²) in [5, 5.41) is 12.4. The molecular weight excluding hydrogens is 302 g/mol. The van der Waals surface area contributed by atoms with Gasteiger partial charge in [-0.05, 0) is 11.5 Å². The SMILES string of the molecule is Cl.OC(COc1cccc2ccccc12)CN1CCOCC1. The predicted molar refractivity (Wildman–Crippen MR) is 90.0 cm³/mol. The summed E-state index contributed by atoms with van der Waals surface area (Å²) in [7, 11) is 0. The Bertz CT molecular complexity index is 582. The zero-order valence-electron chi connectivity index (χ0n) is 12.5. The molecule has 0 aromatic heterocycles. The van der Waals surface area contributed by atoms with Crippen LogP contribution in [0.25, 0.3) is 10.8 Å². The van der Waals surface area contributed by atoms with Gasteiger partial charge in [-0.1, -0.05) is 36.4 Å². The molecule has 0 saturated carbocycles. The highest BCUT2D eigenvalue weighted by atomic mass is 35.5. The normalized spacial score (nSPS) is 17.0. The fourth-order valence-electron chi connectivity index (χ4n) is 2.64. The van der Waals surface area contributed by atoms with Gasteiger partial charge in [0.2, 0.25) is 0 Å². The summed E-state index contributed by atoms with van der Waals surface area (Å²) in [6.07, 6.45) is -0.484. The maximum atomic E-state index is 10.1. The Morgan fingerprint density at radius 1 is 1.09 bits per heavy atom. The van der Waals surface area contributed by atoms with Crippen LogP contribution in [0.1, 0.15) is 0 Å². The summed E-state index contributed by atoms with van der Waals surface area (Å²) in [5.41, 5.74) is 0. The van der Waals surface area contributed by atoms with E-state index in [1.54, 1.807) is 0 Å². The highest BCUT2D eigenvalue weighted by molar-refractivity contribution is 5.88. The molecule has 1 N–H and O–H groups in total. The Labute approximate surface area is 137 Å². The van der Waals surface area contributed by atoms with Gasteiger partial charge in [-0.25, -0.2) is 0 Å². The third-order valence-electron chi connectivity index (χ3n) is 3.75. The van der Waals surface area contributed by atoms with Crippen LogP contribution in [0.4, 0.5) is 0 Å². The van der Waals surface area contributed by atoms with Gasteiger partial charge >= 0.3 is 0 Å². The van der Waals surface area contributed by atoms with Crippen molar-refractivity contribution >= 4 is 23.2 Å². The number of hydrogen-bond donors (Lipinski definition) is 1. The molecule has 0 aliphatic carbocycles. The number of aliphatic hydroxyl groups excluding tert-OH is 1. The van der Waals surface area contributed by atoms with E-state index in [9.17, 15) is 5.11 Å². The molecular formula is C17H22ClNO3. The summed E-state index contributed by atoms with van der Waals surface area (Å²) in [4.78, 5) is 2.21. The molecule has 2 aromatic rings. The number of aliphatic hydroxyl groups is 1. The number of rotatable bonds is 5. The third-order valence-corrected chi connectivity index (χ3v) is 3.75. The van der Waals surface area contributed by atoms with Gasteiger partial charge in [-0.15, -0.1) is 12.4 Å². The van der Waals surface area contributed by atoms with E-state index in [2.05, 4.69) is 17.0 Å². The van der Waals surface area contributed by atoms with Gasteiger partial charge in [0.05, 0.1) is 13.2 Å². The molecule has 1 heterocycles. The molecule has 120 valence electrons. The molecule has 5 heteroatoms. The number of hydrogen-bond acceptors (Lipinski definition) is 4. The Balaban J connectivity index is 0.00000176. The Morgan fingerprint density at radius 3 is 2.64 bits per heavy atom. The fourth-order valence-corrected chi connectivity index (χ4v) is 2.64. The van der Waals surface area contributed by atoms with E-state index in [-0.39, 0.29) is 12.4 Å². The van der Waals surface area contributed by atoms with Gasteiger partial charge in [0.25, 0.3) is 0 Å². The zero-order valence-corrected chi connectivity index (χ0v) is 13.3. The Hall–Kier alpha value is -1.33. The van der Waals surface area contributed by atoms with Crippen molar-refractivity contribution in [3.8, 4) is 5.75 Å². The first kappa shape index (κ1) is 17.0. The van der Waals surface area contributed by atoms with Crippen LogP contribution in [0, 0.1) is 0 Å². The Morgan fingerprint density at radius 2 is 1.82 bits per heavy atom. The minimum Gasteiger partial charge on any atom is -0.490 e. The lowest BCUT2D eigenvalue weighted by molar-refractivity contribution is 0.00480. The van der Waals surface area contributed by atoms with Crippen LogP contribution in [0.5, 0.6) is 5.75 Å². The fraction of sp³-hybridized carbons (Fsp3) is 0.412. The van der Waals surface area contributed by atoms with Crippen LogP contribution in [-0.4, -0.2) is 55.6 Å². The lowest BCUT2D eigenvalue weighted by Gasteiger charge is -2.28. The first-order valence-corrected chi connectivity index (χ1v) is 7.41. The molecule has 0 amide bonds. The number of morpholine rings is 1. The monoisotopic (exact) mass is 323 g/mol. The largest absolute Gasteiger partial charge is 0.490 e. The first-order valence-electron chi connectivity index (χ1n) is 7.41. The van der Waals surface area contributed by atoms with Crippen LogP contribution in [0.2, 0.25) is 0 Å². The first-order chi connectivity index (χ1) is 10.3. The van der Waals surface area contributed by atoms with E-state index in [4.69, 9.17) is 9.47 Å². The van der Waals surface area contributed by atoms with E-state index in [0.717, 1.165) is 42.8 Å². The quantitative estimate of drug-likeness (QED) is 0.917. The maximum absolute atomic E-state index is 10.1. The zero-order chi connectivity index (χ0) is 14.5. The summed E-state index contributed by atoms with van der Waals surface area (Å²) in [6.45, 7) is 4.20. The molecule has 0 bridgehead atoms. The number of ether oxygens (including phenoxy) is 2. The molecule has 22 heavy (non-hydrogen) atoms. The summed E-state index contributed by atoms with van der Waals surface area (Å²) in [5.74, 6) is 0.828. The van der Waals surface area contributed by atoms with E-state index in [1.165, 1.54) is 0 Å². The minimum absolute atomic E-state index is 0. The second-order valence-corrected chi connectivity index (χ2v) is 5.36. The third kappa shape index (κ3) is 4.34. The van der Waals surface area contributed by atoms with E-state index >= 15 is 0 Å². The van der Waals surface area contributed by atoms with Crippen LogP contribution in [0.15, 0.2) is 42.5 Å².